The molecule has 3 saturated heterocycles. The molecule has 7 rings (SSSR count). The summed E-state index contributed by atoms with van der Waals surface area (Å²) in [6, 6.07) is 8.75. The lowest BCUT2D eigenvalue weighted by Crippen LogP contribution is -2.61. The van der Waals surface area contributed by atoms with Gasteiger partial charge in [0.15, 0.2) is 29.3 Å². The summed E-state index contributed by atoms with van der Waals surface area (Å²) in [5.74, 6) is -11.5. The van der Waals surface area contributed by atoms with Gasteiger partial charge in [0, 0.05) is 61.0 Å². The Balaban J connectivity index is 1.09. The van der Waals surface area contributed by atoms with Gasteiger partial charge in [0.1, 0.15) is 60.0 Å². The number of phenolic OH excluding ortho intramolecular Hbond substituents is 1. The number of carbonyl (C=O) groups excluding carboxylic acids is 8. The molecular formula is C58H74N8O20. The highest BCUT2D eigenvalue weighted by Crippen LogP contribution is 2.35. The standard InChI is InChI=1S/C58H74N8O20/c1-5-6-7-18-85-34-15-12-30(13-16-34)43-22-36(63-86-43)29-8-10-31(11-9-29)55(80)66-38(23-42(72)57(66)82)54(79)61-46(28(3)67)58(83)64-26-33(68)20-37(64)53(78)62-47(51(76)50(75)32-14-17-39(69)44(19-32)84-4)41(71)21-35(40(70)24-45(59)73)56(81)65-25-27(2)49(74)48(65)52(60)77/h8-17,19,22,27-28,33,35,37-38,40,42,46-51,57,67-70,72,74-76,82H,5-7,18,20-21,23-26H2,1-4H3,(H2,59,73)(H2,60,77)(H,61,79)(H,62,78)/t27-,28+,33+,35-,37-,38-,40+,42+,46-,47+,48-,49-,50-,51-,57?/m0/s1. The SMILES string of the molecule is CCCCCOc1ccc(-c2cc(-c3ccc(C(=O)N4C(O)[C@H](O)C[C@H]4C(=O)N[C@H](C(=O)N4C[C@H](O)C[C@H]4C(=O)N[C@H](C(=O)C[C@H](C(=O)N4C[C@H](C)[C@H](O)[C@H]4C(N)=O)[C@H](O)CC(N)=O)[C@H](O)[C@@H](O)c4ccc(O)c(OC)c4)[C@@H](C)O)cc3)no2)cc1. The zero-order valence-corrected chi connectivity index (χ0v) is 47.6. The van der Waals surface area contributed by atoms with Crippen molar-refractivity contribution in [3.63, 3.8) is 0 Å². The Bertz CT molecular complexity index is 3090. The van der Waals surface area contributed by atoms with Crippen LogP contribution in [0.3, 0.4) is 0 Å². The Morgan fingerprint density at radius 2 is 1.43 bits per heavy atom. The number of aromatic nitrogens is 1. The van der Waals surface area contributed by atoms with E-state index in [0.717, 1.165) is 59.7 Å². The number of rotatable bonds is 26. The van der Waals surface area contributed by atoms with Gasteiger partial charge in [0.2, 0.25) is 35.4 Å². The van der Waals surface area contributed by atoms with Crippen LogP contribution in [0.15, 0.2) is 77.3 Å². The predicted molar refractivity (Wildman–Crippen MR) is 299 cm³/mol. The predicted octanol–water partition coefficient (Wildman–Crippen LogP) is -1.90. The lowest BCUT2D eigenvalue weighted by Gasteiger charge is -2.34. The Kier molecular flexibility index (Phi) is 21.6. The summed E-state index contributed by atoms with van der Waals surface area (Å²) in [7, 11) is 1.17. The number of nitrogens with zero attached hydrogens (tertiary/aromatic N) is 4. The minimum absolute atomic E-state index is 0.0417. The quantitative estimate of drug-likeness (QED) is 0.0305. The van der Waals surface area contributed by atoms with Gasteiger partial charge < -0.3 is 91.9 Å². The van der Waals surface area contributed by atoms with Crippen LogP contribution in [0.2, 0.25) is 0 Å². The van der Waals surface area contributed by atoms with Crippen molar-refractivity contribution in [1.82, 2.24) is 30.5 Å². The Morgan fingerprint density at radius 1 is 0.779 bits per heavy atom. The average Bonchev–Trinajstić information content (AvgIpc) is 4.51. The number of nitrogens with two attached hydrogens (primary N) is 2. The van der Waals surface area contributed by atoms with Crippen LogP contribution >= 0.6 is 0 Å². The number of likely N-dealkylation sites (tertiary alicyclic amines) is 3. The van der Waals surface area contributed by atoms with Gasteiger partial charge >= 0.3 is 0 Å². The van der Waals surface area contributed by atoms with E-state index in [2.05, 4.69) is 22.7 Å². The van der Waals surface area contributed by atoms with Crippen LogP contribution < -0.4 is 31.6 Å². The van der Waals surface area contributed by atoms with Crippen LogP contribution in [-0.2, 0) is 33.6 Å². The molecule has 0 saturated carbocycles. The number of nitrogens with one attached hydrogen (secondary N) is 2. The van der Waals surface area contributed by atoms with Crippen molar-refractivity contribution >= 4 is 47.1 Å². The molecule has 3 aliphatic rings. The Hall–Kier alpha value is -8.09. The molecule has 0 radical (unpaired) electrons. The van der Waals surface area contributed by atoms with E-state index < -0.39 is 176 Å². The number of Topliss-reactive ketones (excluding diaryl/α,β-unsaturated/α-hetero) is 1. The highest BCUT2D eigenvalue weighted by Gasteiger charge is 2.51. The summed E-state index contributed by atoms with van der Waals surface area (Å²) in [6.07, 6.45) is -15.1. The lowest BCUT2D eigenvalue weighted by atomic mass is 9.86. The number of ether oxygens (including phenoxy) is 2. The van der Waals surface area contributed by atoms with Gasteiger partial charge in [-0.2, -0.15) is 0 Å². The number of β-amino-alcohol motifs (C(OH)–C–C–N with tert-alkyl or cyclic N) is 1. The normalized spacial score (nSPS) is 23.6. The first-order chi connectivity index (χ1) is 40.8. The van der Waals surface area contributed by atoms with Crippen molar-refractivity contribution < 1.29 is 98.3 Å². The molecular weight excluding hydrogens is 1130 g/mol. The maximum Gasteiger partial charge on any atom is 0.256 e. The number of methoxy groups -OCH3 is 1. The van der Waals surface area contributed by atoms with Gasteiger partial charge in [-0.05, 0) is 67.4 Å². The lowest BCUT2D eigenvalue weighted by molar-refractivity contribution is -0.149. The third-order valence-electron chi connectivity index (χ3n) is 15.7. The zero-order valence-electron chi connectivity index (χ0n) is 47.6. The number of hydrogen-bond acceptors (Lipinski definition) is 21. The number of hydrogen-bond donors (Lipinski definition) is 13. The summed E-state index contributed by atoms with van der Waals surface area (Å²) in [5, 5.41) is 108. The first-order valence-corrected chi connectivity index (χ1v) is 28.0. The molecule has 15 atom stereocenters. The average molecular weight is 1200 g/mol. The van der Waals surface area contributed by atoms with Crippen molar-refractivity contribution in [3.05, 3.63) is 83.9 Å². The molecule has 4 aromatic rings. The minimum atomic E-state index is -2.39. The van der Waals surface area contributed by atoms with Gasteiger partial charge in [-0.15, -0.1) is 0 Å². The smallest absolute Gasteiger partial charge is 0.256 e. The number of aliphatic hydroxyl groups is 8. The maximum atomic E-state index is 14.6. The number of ketones is 1. The third kappa shape index (κ3) is 14.8. The summed E-state index contributed by atoms with van der Waals surface area (Å²) < 4.78 is 16.5. The van der Waals surface area contributed by atoms with Gasteiger partial charge in [0.05, 0.1) is 50.5 Å². The molecule has 3 fully saturated rings. The van der Waals surface area contributed by atoms with Crippen LogP contribution in [0, 0.1) is 11.8 Å². The number of benzene rings is 3. The zero-order chi connectivity index (χ0) is 63.0. The van der Waals surface area contributed by atoms with Gasteiger partial charge in [-0.1, -0.05) is 50.0 Å². The largest absolute Gasteiger partial charge is 0.504 e. The molecule has 0 spiro atoms. The first kappa shape index (κ1) is 65.5. The van der Waals surface area contributed by atoms with Crippen LogP contribution in [0.4, 0.5) is 0 Å². The number of phenols is 1. The second kappa shape index (κ2) is 28.4. The van der Waals surface area contributed by atoms with Crippen molar-refractivity contribution in [2.24, 2.45) is 23.3 Å². The number of amides is 7. The first-order valence-electron chi connectivity index (χ1n) is 28.0. The number of primary amides is 2. The van der Waals surface area contributed by atoms with E-state index >= 15 is 0 Å². The Labute approximate surface area is 493 Å². The molecule has 0 bridgehead atoms. The van der Waals surface area contributed by atoms with Crippen molar-refractivity contribution in [2.75, 3.05) is 26.8 Å². The molecule has 1 aromatic heterocycles. The van der Waals surface area contributed by atoms with Gasteiger partial charge in [-0.3, -0.25) is 43.3 Å². The molecule has 3 aromatic carbocycles. The fraction of sp³-hybridized carbons (Fsp3) is 0.500. The number of aromatic hydroxyl groups is 1. The Morgan fingerprint density at radius 3 is 2.06 bits per heavy atom. The van der Waals surface area contributed by atoms with E-state index in [1.807, 2.05) is 24.3 Å². The fourth-order valence-corrected chi connectivity index (χ4v) is 10.9. The van der Waals surface area contributed by atoms with Crippen LogP contribution in [-0.4, -0.2) is 213 Å². The number of aliphatic hydroxyl groups excluding tert-OH is 8. The number of unbranched alkanes of at least 4 members (excludes halogenated alkanes) is 2. The minimum Gasteiger partial charge on any atom is -0.504 e. The van der Waals surface area contributed by atoms with Crippen molar-refractivity contribution in [1.29, 1.82) is 0 Å². The van der Waals surface area contributed by atoms with Crippen LogP contribution in [0.1, 0.15) is 87.7 Å². The van der Waals surface area contributed by atoms with Crippen molar-refractivity contribution in [2.45, 2.75) is 145 Å². The van der Waals surface area contributed by atoms with Crippen molar-refractivity contribution in [3.8, 4) is 39.8 Å². The van der Waals surface area contributed by atoms with Gasteiger partial charge in [-0.25, -0.2) is 0 Å². The van der Waals surface area contributed by atoms with E-state index in [9.17, 15) is 84.3 Å². The monoisotopic (exact) mass is 1200 g/mol. The van der Waals surface area contributed by atoms with E-state index in [1.165, 1.54) is 26.2 Å². The van der Waals surface area contributed by atoms with Crippen LogP contribution in [0.5, 0.6) is 17.2 Å². The summed E-state index contributed by atoms with van der Waals surface area (Å²) >= 11 is 0. The molecule has 1 unspecified atom stereocenters. The molecule has 0 aliphatic carbocycles. The fourth-order valence-electron chi connectivity index (χ4n) is 10.9. The third-order valence-corrected chi connectivity index (χ3v) is 15.7. The maximum absolute atomic E-state index is 14.6. The van der Waals surface area contributed by atoms with Gasteiger partial charge in [0.25, 0.3) is 5.91 Å². The highest BCUT2D eigenvalue weighted by molar-refractivity contribution is 6.01. The van der Waals surface area contributed by atoms with Crippen LogP contribution in [0.25, 0.3) is 22.6 Å². The second-order valence-electron chi connectivity index (χ2n) is 22.0. The second-order valence-corrected chi connectivity index (χ2v) is 22.0. The van der Waals surface area contributed by atoms with E-state index in [1.54, 1.807) is 18.2 Å². The molecule has 86 heavy (non-hydrogen) atoms. The summed E-state index contributed by atoms with van der Waals surface area (Å²) in [6.45, 7) is 4.32. The summed E-state index contributed by atoms with van der Waals surface area (Å²) in [4.78, 5) is 113. The molecule has 15 N–H and O–H groups in total. The van der Waals surface area contributed by atoms with E-state index in [-0.39, 0.29) is 23.4 Å². The molecule has 466 valence electrons. The molecule has 28 heteroatoms. The molecule has 4 heterocycles. The summed E-state index contributed by atoms with van der Waals surface area (Å²) in [5.41, 5.74) is 12.3. The topological polar surface area (TPSA) is 449 Å². The van der Waals surface area contributed by atoms with E-state index in [4.69, 9.17) is 25.5 Å². The molecule has 7 amide bonds. The molecule has 3 aliphatic heterocycles. The number of carbonyl (C=O) groups is 8. The molecule has 28 nitrogen and oxygen atoms in total. The van der Waals surface area contributed by atoms with E-state index in [0.29, 0.717) is 34.3 Å². The highest BCUT2D eigenvalue weighted by atomic mass is 16.5.